The van der Waals surface area contributed by atoms with Gasteiger partial charge in [-0.25, -0.2) is 28.2 Å². The maximum atomic E-state index is 11.7. The minimum absolute atomic E-state index is 0.00834. The number of aliphatic hydroxyl groups excluding tert-OH is 2. The molecule has 4 heterocycles. The topological polar surface area (TPSA) is 375 Å². The molecule has 0 radical (unpaired) electrons. The first-order valence-corrected chi connectivity index (χ1v) is 20.7. The lowest BCUT2D eigenvalue weighted by atomic mass is 10.2. The van der Waals surface area contributed by atoms with Gasteiger partial charge in [0.1, 0.15) is 24.3 Å². The Balaban J connectivity index is 0.000000275. The predicted molar refractivity (Wildman–Crippen MR) is 172 cm³/mol. The molecule has 0 bridgehead atoms. The second-order valence-corrected chi connectivity index (χ2v) is 18.1. The fourth-order valence-corrected chi connectivity index (χ4v) is 10.5. The van der Waals surface area contributed by atoms with E-state index in [2.05, 4.69) is 50.8 Å². The summed E-state index contributed by atoms with van der Waals surface area (Å²) in [5, 5.41) is 18.2. The van der Waals surface area contributed by atoms with Crippen LogP contribution in [0.5, 0.6) is 0 Å². The van der Waals surface area contributed by atoms with Crippen LogP contribution in [0.1, 0.15) is 12.8 Å². The van der Waals surface area contributed by atoms with Crippen LogP contribution in [0.15, 0.2) is 44.8 Å². The molecule has 2 fully saturated rings. The normalized spacial score (nSPS) is 30.3. The summed E-state index contributed by atoms with van der Waals surface area (Å²) < 4.78 is 60.4. The minimum atomic E-state index is -5.59. The van der Waals surface area contributed by atoms with Gasteiger partial charge in [0, 0.05) is 12.8 Å². The van der Waals surface area contributed by atoms with E-state index in [0.717, 1.165) is 11.8 Å². The number of phosphoric acid groups is 4. The molecular weight excluding hydrogens is 772 g/mol. The van der Waals surface area contributed by atoms with Crippen molar-refractivity contribution in [2.24, 2.45) is 31.4 Å². The van der Waals surface area contributed by atoms with E-state index >= 15 is 0 Å². The maximum absolute atomic E-state index is 11.7. The highest BCUT2D eigenvalue weighted by molar-refractivity contribution is 8.01. The Labute approximate surface area is 280 Å². The van der Waals surface area contributed by atoms with Crippen LogP contribution in [-0.4, -0.2) is 121 Å². The first-order valence-electron chi connectivity index (χ1n) is 12.8. The highest BCUT2D eigenvalue weighted by atomic mass is 32.2. The number of phosphoric ester groups is 2. The van der Waals surface area contributed by atoms with Gasteiger partial charge in [-0.05, 0) is 0 Å². The van der Waals surface area contributed by atoms with E-state index < -0.39 is 66.0 Å². The second-order valence-electron chi connectivity index (χ2n) is 9.61. The molecule has 0 aromatic carbocycles. The number of rotatable bonds is 12. The van der Waals surface area contributed by atoms with Gasteiger partial charge in [-0.1, -0.05) is 13.2 Å². The molecule has 2 saturated heterocycles. The van der Waals surface area contributed by atoms with Gasteiger partial charge in [-0.3, -0.25) is 9.05 Å². The van der Waals surface area contributed by atoms with E-state index in [1.807, 2.05) is 0 Å². The zero-order chi connectivity index (χ0) is 36.2. The van der Waals surface area contributed by atoms with Crippen LogP contribution < -0.4 is 11.5 Å². The Morgan fingerprint density at radius 1 is 0.729 bits per heavy atom. The maximum Gasteiger partial charge on any atom is 0.490 e. The van der Waals surface area contributed by atoms with Gasteiger partial charge in [-0.2, -0.15) is 18.6 Å². The third kappa shape index (κ3) is 13.0. The Hall–Kier alpha value is -1.50. The number of hydrogen-bond donors (Lipinski definition) is 10. The number of nitrogens with two attached hydrogens (primary N) is 2. The highest BCUT2D eigenvalue weighted by Gasteiger charge is 2.43. The summed E-state index contributed by atoms with van der Waals surface area (Å²) in [6.07, 6.45) is 1.63. The first-order chi connectivity index (χ1) is 21.9. The van der Waals surface area contributed by atoms with Crippen molar-refractivity contribution in [3.63, 3.8) is 0 Å². The predicted octanol–water partition coefficient (Wildman–Crippen LogP) is -0.930. The Bertz CT molecular complexity index is 1560. The van der Waals surface area contributed by atoms with E-state index in [4.69, 9.17) is 35.9 Å². The van der Waals surface area contributed by atoms with Gasteiger partial charge in [0.2, 0.25) is 11.9 Å². The van der Waals surface area contributed by atoms with Gasteiger partial charge >= 0.3 is 31.3 Å². The largest absolute Gasteiger partial charge is 0.490 e. The molecule has 48 heavy (non-hydrogen) atoms. The molecule has 24 nitrogen and oxygen atoms in total. The molecule has 0 aromatic rings. The Kier molecular flexibility index (Phi) is 13.8. The molecule has 0 spiro atoms. The average molecular weight is 805 g/mol. The van der Waals surface area contributed by atoms with Gasteiger partial charge in [0.25, 0.3) is 0 Å². The highest BCUT2D eigenvalue weighted by Crippen LogP contribution is 2.66. The van der Waals surface area contributed by atoms with Gasteiger partial charge in [0.15, 0.2) is 0 Å². The van der Waals surface area contributed by atoms with Crippen molar-refractivity contribution in [2.75, 3.05) is 13.2 Å². The van der Waals surface area contributed by atoms with Crippen molar-refractivity contribution >= 4 is 79.4 Å². The fourth-order valence-electron chi connectivity index (χ4n) is 4.01. The molecule has 30 heteroatoms. The monoisotopic (exact) mass is 804 g/mol. The minimum Gasteiger partial charge on any atom is -0.392 e. The standard InChI is InChI=1S/C9H17N4O11P3S.C9H15N4O5PS/c1-5-12-9(10)11-4-13(5)8-2-6(14)7(28-8)3-22-26(18,19)24-27(20,21)23-25(15,16)17;1-5-12-9(10)11-4-13(5)8-2-6(14)7(20-8)3-18-19(15,16)17/h4,6-8,14H,1-3H2,(H2,10,12)(H,18,19)(H,20,21)(H2,15,16,17);4,6-8,14H,1-3H2,(H2,10,12)(H2,15,16,17)/t2*6-,7-,8-/m11/s1. The molecule has 272 valence electrons. The average Bonchev–Trinajstić information content (AvgIpc) is 3.45. The van der Waals surface area contributed by atoms with Gasteiger partial charge in [-0.15, -0.1) is 23.5 Å². The lowest BCUT2D eigenvalue weighted by Crippen LogP contribution is -2.33. The zero-order valence-corrected chi connectivity index (χ0v) is 29.4. The Morgan fingerprint density at radius 3 is 1.52 bits per heavy atom. The zero-order valence-electron chi connectivity index (χ0n) is 24.1. The van der Waals surface area contributed by atoms with E-state index in [1.165, 1.54) is 29.3 Å². The fraction of sp³-hybridized carbons (Fsp3) is 0.556. The second kappa shape index (κ2) is 16.2. The summed E-state index contributed by atoms with van der Waals surface area (Å²) in [5.74, 6) is 0.787. The lowest BCUT2D eigenvalue weighted by Gasteiger charge is -2.27. The van der Waals surface area contributed by atoms with E-state index in [1.54, 1.807) is 4.90 Å². The molecular formula is C18H32N8O16P4S2. The van der Waals surface area contributed by atoms with Crippen molar-refractivity contribution in [1.29, 1.82) is 0 Å². The summed E-state index contributed by atoms with van der Waals surface area (Å²) in [6, 6.07) is 0. The molecule has 4 aliphatic rings. The smallest absolute Gasteiger partial charge is 0.392 e. The first kappa shape index (κ1) is 40.9. The van der Waals surface area contributed by atoms with Gasteiger partial charge < -0.3 is 60.8 Å². The number of hydrogen-bond acceptors (Lipinski definition) is 20. The van der Waals surface area contributed by atoms with Crippen LogP contribution >= 0.6 is 54.8 Å². The quantitative estimate of drug-likeness (QED) is 0.107. The summed E-state index contributed by atoms with van der Waals surface area (Å²) in [6.45, 7) is 6.59. The van der Waals surface area contributed by atoms with Crippen molar-refractivity contribution in [1.82, 2.24) is 9.80 Å². The van der Waals surface area contributed by atoms with Crippen LogP contribution in [0.25, 0.3) is 0 Å². The van der Waals surface area contributed by atoms with Crippen LogP contribution in [-0.2, 0) is 35.9 Å². The van der Waals surface area contributed by atoms with Gasteiger partial charge in [0.05, 0.1) is 46.7 Å². The number of nitrogens with zero attached hydrogens (tertiary/aromatic N) is 6. The van der Waals surface area contributed by atoms with E-state index in [-0.39, 0.29) is 36.1 Å². The number of aliphatic hydroxyl groups is 2. The van der Waals surface area contributed by atoms with Crippen LogP contribution in [0, 0.1) is 0 Å². The van der Waals surface area contributed by atoms with E-state index in [9.17, 15) is 33.4 Å². The molecule has 0 aromatic heterocycles. The third-order valence-corrected chi connectivity index (χ3v) is 13.3. The molecule has 4 rings (SSSR count). The molecule has 12 N–H and O–H groups in total. The summed E-state index contributed by atoms with van der Waals surface area (Å²) in [4.78, 5) is 71.5. The third-order valence-electron chi connectivity index (χ3n) is 5.97. The molecule has 8 atom stereocenters. The molecule has 2 unspecified atom stereocenters. The SMILES string of the molecule is C=C1N=C(N)N=CN1[C@H]1C[C@@H](O)[C@@H](COP(=O)(O)O)S1.C=C1N=C(N)N=CN1[C@H]1C[C@@H](O)[C@@H](COP(=O)(O)OP(=O)(O)OP(=O)(O)O)S1. The van der Waals surface area contributed by atoms with Crippen LogP contribution in [0.3, 0.4) is 0 Å². The van der Waals surface area contributed by atoms with Crippen LogP contribution in [0.2, 0.25) is 0 Å². The van der Waals surface area contributed by atoms with E-state index in [0.29, 0.717) is 12.2 Å². The number of thioether (sulfide) groups is 2. The van der Waals surface area contributed by atoms with Crippen molar-refractivity contribution in [3.8, 4) is 0 Å². The van der Waals surface area contributed by atoms with Crippen molar-refractivity contribution < 1.29 is 75.5 Å². The summed E-state index contributed by atoms with van der Waals surface area (Å²) in [5.41, 5.74) is 10.9. The van der Waals surface area contributed by atoms with Crippen molar-refractivity contribution in [3.05, 3.63) is 24.8 Å². The molecule has 0 aliphatic carbocycles. The number of guanidine groups is 2. The lowest BCUT2D eigenvalue weighted by molar-refractivity contribution is 0.123. The molecule has 0 amide bonds. The summed E-state index contributed by atoms with van der Waals surface area (Å²) in [7, 11) is -20.9. The van der Waals surface area contributed by atoms with Crippen LogP contribution in [0.4, 0.5) is 0 Å². The molecule has 4 aliphatic heterocycles. The number of aliphatic imine (C=N–C) groups is 4. The van der Waals surface area contributed by atoms with Crippen molar-refractivity contribution in [2.45, 2.75) is 46.3 Å². The summed E-state index contributed by atoms with van der Waals surface area (Å²) >= 11 is 2.43. The molecule has 0 saturated carbocycles. The Morgan fingerprint density at radius 2 is 1.15 bits per heavy atom.